The number of nitrogens with one attached hydrogen (secondary N) is 2. The van der Waals surface area contributed by atoms with Crippen LogP contribution in [0.3, 0.4) is 0 Å². The number of ether oxygens (including phenoxy) is 1. The van der Waals surface area contributed by atoms with Gasteiger partial charge >= 0.3 is 0 Å². The van der Waals surface area contributed by atoms with E-state index in [0.717, 1.165) is 22.8 Å². The quantitative estimate of drug-likeness (QED) is 0.698. The van der Waals surface area contributed by atoms with Gasteiger partial charge in [-0.2, -0.15) is 16.9 Å². The molecule has 0 spiro atoms. The molecule has 7 nitrogen and oxygen atoms in total. The molecule has 23 heavy (non-hydrogen) atoms. The molecule has 2 rings (SSSR count). The summed E-state index contributed by atoms with van der Waals surface area (Å²) >= 11 is 1.76. The summed E-state index contributed by atoms with van der Waals surface area (Å²) in [5.41, 5.74) is 2.00. The van der Waals surface area contributed by atoms with Crippen LogP contribution < -0.4 is 10.6 Å². The summed E-state index contributed by atoms with van der Waals surface area (Å²) in [6.45, 7) is 5.02. The van der Waals surface area contributed by atoms with Crippen LogP contribution in [0.5, 0.6) is 0 Å². The Labute approximate surface area is 140 Å². The highest BCUT2D eigenvalue weighted by atomic mass is 32.2. The molecule has 0 aromatic carbocycles. The maximum atomic E-state index is 12.1. The summed E-state index contributed by atoms with van der Waals surface area (Å²) in [4.78, 5) is 24.1. The molecule has 0 fully saturated rings. The summed E-state index contributed by atoms with van der Waals surface area (Å²) in [5.74, 6) is 2.40. The molecule has 2 N–H and O–H groups in total. The minimum Gasteiger partial charge on any atom is -0.383 e. The van der Waals surface area contributed by atoms with Gasteiger partial charge in [-0.05, 0) is 5.92 Å². The number of rotatable bonds is 8. The van der Waals surface area contributed by atoms with Gasteiger partial charge in [0.05, 0.1) is 12.3 Å². The molecule has 1 aliphatic rings. The Morgan fingerprint density at radius 2 is 2.13 bits per heavy atom. The van der Waals surface area contributed by atoms with Crippen LogP contribution in [0, 0.1) is 5.92 Å². The van der Waals surface area contributed by atoms with E-state index in [1.54, 1.807) is 23.6 Å². The van der Waals surface area contributed by atoms with Gasteiger partial charge in [-0.25, -0.2) is 4.68 Å². The second kappa shape index (κ2) is 8.35. The molecule has 8 heteroatoms. The fourth-order valence-corrected chi connectivity index (χ4v) is 3.39. The Morgan fingerprint density at radius 3 is 2.83 bits per heavy atom. The van der Waals surface area contributed by atoms with E-state index in [0.29, 0.717) is 25.4 Å². The van der Waals surface area contributed by atoms with E-state index < -0.39 is 0 Å². The van der Waals surface area contributed by atoms with Gasteiger partial charge in [0.25, 0.3) is 0 Å². The first-order valence-electron chi connectivity index (χ1n) is 7.73. The molecular weight excluding hydrogens is 316 g/mol. The van der Waals surface area contributed by atoms with Gasteiger partial charge < -0.3 is 15.4 Å². The average Bonchev–Trinajstić information content (AvgIpc) is 3.02. The van der Waals surface area contributed by atoms with E-state index >= 15 is 0 Å². The van der Waals surface area contributed by atoms with Crippen molar-refractivity contribution in [2.75, 3.05) is 25.6 Å². The number of aromatic nitrogens is 2. The summed E-state index contributed by atoms with van der Waals surface area (Å²) < 4.78 is 6.51. The third-order valence-electron chi connectivity index (χ3n) is 3.39. The molecule has 2 amide bonds. The Morgan fingerprint density at radius 1 is 1.35 bits per heavy atom. The number of anilines is 1. The third-order valence-corrected chi connectivity index (χ3v) is 4.36. The van der Waals surface area contributed by atoms with Crippen LogP contribution in [0.2, 0.25) is 0 Å². The normalized spacial score (nSPS) is 13.2. The SMILES string of the molecule is COCCNC(=O)Cn1nc2c(c1NC(=O)CC(C)C)CSC2. The maximum absolute atomic E-state index is 12.1. The number of amides is 2. The molecule has 0 atom stereocenters. The zero-order chi connectivity index (χ0) is 16.8. The molecule has 128 valence electrons. The summed E-state index contributed by atoms with van der Waals surface area (Å²) in [6.07, 6.45) is 0.452. The van der Waals surface area contributed by atoms with Crippen molar-refractivity contribution in [3.8, 4) is 0 Å². The van der Waals surface area contributed by atoms with Crippen LogP contribution >= 0.6 is 11.8 Å². The highest BCUT2D eigenvalue weighted by Crippen LogP contribution is 2.34. The van der Waals surface area contributed by atoms with Crippen molar-refractivity contribution in [1.82, 2.24) is 15.1 Å². The lowest BCUT2D eigenvalue weighted by molar-refractivity contribution is -0.122. The molecule has 2 heterocycles. The topological polar surface area (TPSA) is 85.2 Å². The molecule has 1 aromatic rings. The van der Waals surface area contributed by atoms with Gasteiger partial charge in [0.15, 0.2) is 0 Å². The van der Waals surface area contributed by atoms with Crippen LogP contribution in [0.1, 0.15) is 31.5 Å². The Kier molecular flexibility index (Phi) is 6.47. The number of fused-ring (bicyclic) bond motifs is 1. The average molecular weight is 340 g/mol. The van der Waals surface area contributed by atoms with E-state index in [4.69, 9.17) is 4.74 Å². The molecule has 1 aliphatic heterocycles. The first-order valence-corrected chi connectivity index (χ1v) is 8.88. The highest BCUT2D eigenvalue weighted by Gasteiger charge is 2.24. The zero-order valence-corrected chi connectivity index (χ0v) is 14.7. The first-order chi connectivity index (χ1) is 11.0. The van der Waals surface area contributed by atoms with Crippen molar-refractivity contribution in [3.63, 3.8) is 0 Å². The molecule has 0 saturated carbocycles. The van der Waals surface area contributed by atoms with Crippen LogP contribution in [-0.2, 0) is 32.4 Å². The number of nitrogens with zero attached hydrogens (tertiary/aromatic N) is 2. The summed E-state index contributed by atoms with van der Waals surface area (Å²) in [6, 6.07) is 0. The minimum atomic E-state index is -0.143. The third kappa shape index (κ3) is 4.97. The number of hydrogen-bond donors (Lipinski definition) is 2. The molecule has 0 aliphatic carbocycles. The van der Waals surface area contributed by atoms with E-state index in [-0.39, 0.29) is 24.3 Å². The summed E-state index contributed by atoms with van der Waals surface area (Å²) in [5, 5.41) is 10.2. The monoisotopic (exact) mass is 340 g/mol. The number of thioether (sulfide) groups is 1. The Hall–Kier alpha value is -1.54. The lowest BCUT2D eigenvalue weighted by atomic mass is 10.1. The Balaban J connectivity index is 2.07. The predicted molar refractivity (Wildman–Crippen MR) is 90.2 cm³/mol. The molecule has 0 unspecified atom stereocenters. The van der Waals surface area contributed by atoms with Crippen LogP contribution in [0.15, 0.2) is 0 Å². The van der Waals surface area contributed by atoms with Crippen molar-refractivity contribution >= 4 is 29.4 Å². The molecule has 0 radical (unpaired) electrons. The van der Waals surface area contributed by atoms with Crippen molar-refractivity contribution in [1.29, 1.82) is 0 Å². The molecule has 1 aromatic heterocycles. The van der Waals surface area contributed by atoms with E-state index in [1.165, 1.54) is 0 Å². The highest BCUT2D eigenvalue weighted by molar-refractivity contribution is 7.98. The summed E-state index contributed by atoms with van der Waals surface area (Å²) in [7, 11) is 1.59. The van der Waals surface area contributed by atoms with Gasteiger partial charge in [0.2, 0.25) is 11.8 Å². The second-order valence-corrected chi connectivity index (χ2v) is 6.90. The number of carbonyl (C=O) groups is 2. The number of hydrogen-bond acceptors (Lipinski definition) is 5. The fraction of sp³-hybridized carbons (Fsp3) is 0.667. The first kappa shape index (κ1) is 17.8. The van der Waals surface area contributed by atoms with Gasteiger partial charge in [-0.15, -0.1) is 0 Å². The lowest BCUT2D eigenvalue weighted by Crippen LogP contribution is -2.31. The number of methoxy groups -OCH3 is 1. The maximum Gasteiger partial charge on any atom is 0.241 e. The Bertz CT molecular complexity index is 571. The lowest BCUT2D eigenvalue weighted by Gasteiger charge is -2.12. The second-order valence-electron chi connectivity index (χ2n) is 5.91. The van der Waals surface area contributed by atoms with Crippen LogP contribution in [0.4, 0.5) is 5.82 Å². The van der Waals surface area contributed by atoms with Crippen molar-refractivity contribution in [2.45, 2.75) is 38.3 Å². The molecule has 0 bridgehead atoms. The predicted octanol–water partition coefficient (Wildman–Crippen LogP) is 1.38. The van der Waals surface area contributed by atoms with Crippen LogP contribution in [0.25, 0.3) is 0 Å². The largest absolute Gasteiger partial charge is 0.383 e. The minimum absolute atomic E-state index is 0.0411. The van der Waals surface area contributed by atoms with Crippen molar-refractivity contribution in [3.05, 3.63) is 11.3 Å². The van der Waals surface area contributed by atoms with Gasteiger partial charge in [0.1, 0.15) is 12.4 Å². The molecule has 0 saturated heterocycles. The number of carbonyl (C=O) groups excluding carboxylic acids is 2. The van der Waals surface area contributed by atoms with Crippen LogP contribution in [-0.4, -0.2) is 41.9 Å². The van der Waals surface area contributed by atoms with E-state index in [1.807, 2.05) is 13.8 Å². The van der Waals surface area contributed by atoms with E-state index in [2.05, 4.69) is 15.7 Å². The van der Waals surface area contributed by atoms with Gasteiger partial charge in [0, 0.05) is 37.1 Å². The molecular formula is C15H24N4O3S. The standard InChI is InChI=1S/C15H24N4O3S/c1-10(2)6-13(20)17-15-11-8-23-9-12(11)18-19(15)7-14(21)16-4-5-22-3/h10H,4-9H2,1-3H3,(H,16,21)(H,17,20). The van der Waals surface area contributed by atoms with Crippen molar-refractivity contribution < 1.29 is 14.3 Å². The van der Waals surface area contributed by atoms with Gasteiger partial charge in [-0.1, -0.05) is 13.8 Å². The van der Waals surface area contributed by atoms with Gasteiger partial charge in [-0.3, -0.25) is 9.59 Å². The van der Waals surface area contributed by atoms with E-state index in [9.17, 15) is 9.59 Å². The van der Waals surface area contributed by atoms with Crippen molar-refractivity contribution in [2.24, 2.45) is 5.92 Å². The fourth-order valence-electron chi connectivity index (χ4n) is 2.36. The smallest absolute Gasteiger partial charge is 0.241 e. The zero-order valence-electron chi connectivity index (χ0n) is 13.8.